The van der Waals surface area contributed by atoms with Crippen LogP contribution in [0.3, 0.4) is 0 Å². The number of anilines is 2. The number of aromatic nitrogens is 3. The van der Waals surface area contributed by atoms with Gasteiger partial charge in [0.2, 0.25) is 0 Å². The zero-order valence-corrected chi connectivity index (χ0v) is 21.9. The van der Waals surface area contributed by atoms with Gasteiger partial charge >= 0.3 is 0 Å². The van der Waals surface area contributed by atoms with Crippen molar-refractivity contribution < 1.29 is 4.74 Å². The smallest absolute Gasteiger partial charge is 0.125 e. The van der Waals surface area contributed by atoms with Gasteiger partial charge in [-0.15, -0.1) is 11.3 Å². The molecule has 0 spiro atoms. The fraction of sp³-hybridized carbons (Fsp3) is 0.407. The molecule has 0 bridgehead atoms. The molecule has 0 saturated carbocycles. The molecule has 9 heteroatoms. The van der Waals surface area contributed by atoms with Crippen molar-refractivity contribution >= 4 is 32.9 Å². The van der Waals surface area contributed by atoms with Gasteiger partial charge in [0.15, 0.2) is 0 Å². The second kappa shape index (κ2) is 11.4. The van der Waals surface area contributed by atoms with Crippen LogP contribution >= 0.6 is 11.3 Å². The van der Waals surface area contributed by atoms with Crippen LogP contribution in [-0.2, 0) is 24.2 Å². The van der Waals surface area contributed by atoms with Crippen molar-refractivity contribution in [2.45, 2.75) is 26.4 Å². The second-order valence-corrected chi connectivity index (χ2v) is 10.3. The summed E-state index contributed by atoms with van der Waals surface area (Å²) in [6, 6.07) is 11.0. The Bertz CT molecular complexity index is 1310. The molecule has 1 aliphatic rings. The fourth-order valence-electron chi connectivity index (χ4n) is 4.66. The van der Waals surface area contributed by atoms with Crippen LogP contribution in [-0.4, -0.2) is 61.2 Å². The van der Waals surface area contributed by atoms with Gasteiger partial charge in [0.25, 0.3) is 0 Å². The first-order chi connectivity index (χ1) is 17.6. The van der Waals surface area contributed by atoms with Crippen LogP contribution in [0.25, 0.3) is 21.3 Å². The van der Waals surface area contributed by atoms with E-state index in [-0.39, 0.29) is 0 Å². The number of piperazine rings is 1. The first kappa shape index (κ1) is 24.7. The molecule has 8 nitrogen and oxygen atoms in total. The molecule has 3 aromatic heterocycles. The highest BCUT2D eigenvalue weighted by atomic mass is 32.1. The quantitative estimate of drug-likeness (QED) is 0.284. The third-order valence-corrected chi connectivity index (χ3v) is 7.79. The van der Waals surface area contributed by atoms with Crippen LogP contribution in [0.5, 0.6) is 0 Å². The van der Waals surface area contributed by atoms with E-state index < -0.39 is 0 Å². The zero-order chi connectivity index (χ0) is 24.9. The second-order valence-electron chi connectivity index (χ2n) is 9.24. The molecule has 5 rings (SSSR count). The summed E-state index contributed by atoms with van der Waals surface area (Å²) in [5, 5.41) is 12.7. The molecule has 0 aliphatic carbocycles. The predicted octanol–water partition coefficient (Wildman–Crippen LogP) is 3.44. The highest BCUT2D eigenvalue weighted by Crippen LogP contribution is 2.33. The van der Waals surface area contributed by atoms with Gasteiger partial charge in [-0.2, -0.15) is 5.10 Å². The Hall–Kier alpha value is -2.98. The summed E-state index contributed by atoms with van der Waals surface area (Å²) in [4.78, 5) is 9.27. The summed E-state index contributed by atoms with van der Waals surface area (Å²) in [5.74, 6) is 0. The number of pyridine rings is 1. The van der Waals surface area contributed by atoms with E-state index in [1.165, 1.54) is 16.8 Å². The van der Waals surface area contributed by atoms with Crippen molar-refractivity contribution in [3.8, 4) is 11.1 Å². The van der Waals surface area contributed by atoms with E-state index in [2.05, 4.69) is 56.1 Å². The first-order valence-corrected chi connectivity index (χ1v) is 13.4. The van der Waals surface area contributed by atoms with Crippen molar-refractivity contribution in [2.24, 2.45) is 0 Å². The average Bonchev–Trinajstić information content (AvgIpc) is 3.50. The van der Waals surface area contributed by atoms with Crippen LogP contribution < -0.4 is 21.3 Å². The summed E-state index contributed by atoms with van der Waals surface area (Å²) in [7, 11) is 1.72. The number of nitrogen functional groups attached to an aromatic ring is 1. The average molecular weight is 506 g/mol. The Labute approximate surface area is 216 Å². The number of nitrogens with zero attached hydrogens (tertiary/aromatic N) is 4. The van der Waals surface area contributed by atoms with Gasteiger partial charge in [-0.3, -0.25) is 4.68 Å². The number of hydrogen-bond acceptors (Lipinski definition) is 8. The van der Waals surface area contributed by atoms with E-state index in [9.17, 15) is 0 Å². The number of nitrogens with two attached hydrogens (primary N) is 1. The molecule has 0 amide bonds. The van der Waals surface area contributed by atoms with Crippen molar-refractivity contribution in [3.63, 3.8) is 0 Å². The molecule has 1 aromatic carbocycles. The van der Waals surface area contributed by atoms with Crippen LogP contribution in [0.2, 0.25) is 0 Å². The van der Waals surface area contributed by atoms with Crippen molar-refractivity contribution in [3.05, 3.63) is 58.9 Å². The van der Waals surface area contributed by atoms with Crippen LogP contribution in [0.4, 0.5) is 11.4 Å². The Morgan fingerprint density at radius 2 is 2.06 bits per heavy atom. The van der Waals surface area contributed by atoms with Crippen molar-refractivity contribution in [1.29, 1.82) is 0 Å². The minimum atomic E-state index is 0.650. The maximum Gasteiger partial charge on any atom is 0.125 e. The number of methoxy groups -OCH3 is 1. The molecular weight excluding hydrogens is 470 g/mol. The number of rotatable bonds is 10. The molecule has 0 radical (unpaired) electrons. The molecule has 0 unspecified atom stereocenters. The van der Waals surface area contributed by atoms with Crippen LogP contribution in [0.15, 0.2) is 42.7 Å². The molecule has 4 heterocycles. The summed E-state index contributed by atoms with van der Waals surface area (Å²) in [6.07, 6.45) is 5.04. The molecular formula is C27H35N7OS. The fourth-order valence-corrected chi connectivity index (χ4v) is 5.77. The lowest BCUT2D eigenvalue weighted by Gasteiger charge is -2.31. The molecule has 1 saturated heterocycles. The third kappa shape index (κ3) is 5.54. The number of hydrogen-bond donors (Lipinski definition) is 3. The minimum absolute atomic E-state index is 0.650. The predicted molar refractivity (Wildman–Crippen MR) is 149 cm³/mol. The molecule has 190 valence electrons. The Kier molecular flexibility index (Phi) is 7.81. The van der Waals surface area contributed by atoms with E-state index in [0.717, 1.165) is 84.3 Å². The third-order valence-electron chi connectivity index (χ3n) is 6.67. The van der Waals surface area contributed by atoms with Gasteiger partial charge in [0, 0.05) is 78.8 Å². The summed E-state index contributed by atoms with van der Waals surface area (Å²) < 4.78 is 7.18. The number of ether oxygens (including phenoxy) is 1. The maximum absolute atomic E-state index is 6.39. The summed E-state index contributed by atoms with van der Waals surface area (Å²) in [5.41, 5.74) is 13.2. The largest absolute Gasteiger partial charge is 0.397 e. The Morgan fingerprint density at radius 1 is 1.19 bits per heavy atom. The lowest BCUT2D eigenvalue weighted by molar-refractivity contribution is 0.183. The van der Waals surface area contributed by atoms with Crippen LogP contribution in [0, 0.1) is 6.92 Å². The topological polar surface area (TPSA) is 93.3 Å². The van der Waals surface area contributed by atoms with E-state index in [1.807, 2.05) is 23.9 Å². The summed E-state index contributed by atoms with van der Waals surface area (Å²) in [6.45, 7) is 9.08. The molecule has 4 aromatic rings. The summed E-state index contributed by atoms with van der Waals surface area (Å²) >= 11 is 1.68. The van der Waals surface area contributed by atoms with E-state index in [4.69, 9.17) is 10.5 Å². The normalized spacial score (nSPS) is 14.1. The van der Waals surface area contributed by atoms with Crippen molar-refractivity contribution in [1.82, 2.24) is 25.4 Å². The number of nitrogens with one attached hydrogen (secondary N) is 2. The minimum Gasteiger partial charge on any atom is -0.397 e. The van der Waals surface area contributed by atoms with E-state index in [0.29, 0.717) is 6.61 Å². The zero-order valence-electron chi connectivity index (χ0n) is 21.1. The first-order valence-electron chi connectivity index (χ1n) is 12.6. The SMILES string of the molecule is COCCn1cc(-c2cc(CCNCc3sc4nc(C)ccc4c3N)ccc2N2CCNCC2)cn1. The highest BCUT2D eigenvalue weighted by molar-refractivity contribution is 7.19. The van der Waals surface area contributed by atoms with Gasteiger partial charge in [-0.25, -0.2) is 4.98 Å². The number of aryl methyl sites for hydroxylation is 1. The van der Waals surface area contributed by atoms with Gasteiger partial charge < -0.3 is 26.0 Å². The van der Waals surface area contributed by atoms with E-state index in [1.54, 1.807) is 18.4 Å². The highest BCUT2D eigenvalue weighted by Gasteiger charge is 2.17. The van der Waals surface area contributed by atoms with Gasteiger partial charge in [-0.1, -0.05) is 6.07 Å². The number of benzene rings is 1. The van der Waals surface area contributed by atoms with Gasteiger partial charge in [0.05, 0.1) is 25.0 Å². The Morgan fingerprint density at radius 3 is 2.89 bits per heavy atom. The lowest BCUT2D eigenvalue weighted by Crippen LogP contribution is -2.43. The molecule has 1 aliphatic heterocycles. The van der Waals surface area contributed by atoms with E-state index >= 15 is 0 Å². The monoisotopic (exact) mass is 505 g/mol. The molecule has 36 heavy (non-hydrogen) atoms. The number of fused-ring (bicyclic) bond motifs is 1. The van der Waals surface area contributed by atoms with Crippen LogP contribution in [0.1, 0.15) is 16.1 Å². The van der Waals surface area contributed by atoms with Crippen molar-refractivity contribution in [2.75, 3.05) is 57.1 Å². The van der Waals surface area contributed by atoms with Gasteiger partial charge in [-0.05, 0) is 49.7 Å². The molecule has 4 N–H and O–H groups in total. The molecule has 0 atom stereocenters. The van der Waals surface area contributed by atoms with Gasteiger partial charge in [0.1, 0.15) is 4.83 Å². The number of thiophene rings is 1. The maximum atomic E-state index is 6.39. The molecule has 1 fully saturated rings. The Balaban J connectivity index is 1.29. The lowest BCUT2D eigenvalue weighted by atomic mass is 10.0. The standard InChI is InChI=1S/C27H35N7OS/c1-19-3-5-22-26(28)25(36-27(22)32-19)17-30-8-7-20-4-6-24(33-11-9-29-10-12-33)23(15-20)21-16-31-34(18-21)13-14-35-2/h3-6,15-16,18,29-30H,7-14,17,28H2,1-2H3.